The summed E-state index contributed by atoms with van der Waals surface area (Å²) < 4.78 is 11.4. The first-order valence-corrected chi connectivity index (χ1v) is 12.2. The molecule has 2 heterocycles. The predicted molar refractivity (Wildman–Crippen MR) is 138 cm³/mol. The summed E-state index contributed by atoms with van der Waals surface area (Å²) in [5.41, 5.74) is 2.54. The molecule has 0 saturated carbocycles. The highest BCUT2D eigenvalue weighted by molar-refractivity contribution is 7.99. The lowest BCUT2D eigenvalue weighted by molar-refractivity contribution is 0.104. The van der Waals surface area contributed by atoms with E-state index in [0.29, 0.717) is 37.9 Å². The van der Waals surface area contributed by atoms with Crippen molar-refractivity contribution in [1.29, 1.82) is 0 Å². The summed E-state index contributed by atoms with van der Waals surface area (Å²) in [7, 11) is 0. The molecule has 4 nitrogen and oxygen atoms in total. The maximum Gasteiger partial charge on any atom is 0.186 e. The quantitative estimate of drug-likeness (QED) is 0.176. The number of furan rings is 1. The third kappa shape index (κ3) is 4.98. The van der Waals surface area contributed by atoms with Crippen LogP contribution in [0.3, 0.4) is 0 Å². The van der Waals surface area contributed by atoms with Crippen LogP contribution in [0, 0.1) is 0 Å². The van der Waals surface area contributed by atoms with Crippen molar-refractivity contribution in [1.82, 2.24) is 0 Å². The van der Waals surface area contributed by atoms with Crippen LogP contribution in [-0.2, 0) is 6.61 Å². The highest BCUT2D eigenvalue weighted by Crippen LogP contribution is 2.44. The number of hydrogen-bond acceptors (Lipinski definition) is 5. The smallest absolute Gasteiger partial charge is 0.186 e. The molecule has 0 aliphatic carbocycles. The normalized spacial score (nSPS) is 12.2. The third-order valence-electron chi connectivity index (χ3n) is 5.04. The van der Waals surface area contributed by atoms with Crippen molar-refractivity contribution in [3.8, 4) is 5.75 Å². The fourth-order valence-corrected chi connectivity index (χ4v) is 5.31. The van der Waals surface area contributed by atoms with Gasteiger partial charge in [-0.2, -0.15) is 0 Å². The Balaban J connectivity index is 1.24. The second-order valence-corrected chi connectivity index (χ2v) is 9.76. The van der Waals surface area contributed by atoms with Crippen LogP contribution >= 0.6 is 46.6 Å². The molecule has 0 saturated heterocycles. The van der Waals surface area contributed by atoms with Crippen LogP contribution < -0.4 is 10.1 Å². The lowest BCUT2D eigenvalue weighted by Crippen LogP contribution is -2.02. The second kappa shape index (κ2) is 9.80. The van der Waals surface area contributed by atoms with Gasteiger partial charge in [-0.1, -0.05) is 58.7 Å². The Morgan fingerprint density at radius 2 is 1.71 bits per heavy atom. The molecule has 34 heavy (non-hydrogen) atoms. The third-order valence-corrected chi connectivity index (χ3v) is 6.98. The topological polar surface area (TPSA) is 51.5 Å². The molecule has 3 aromatic carbocycles. The van der Waals surface area contributed by atoms with Crippen molar-refractivity contribution in [2.75, 3.05) is 5.32 Å². The number of hydrogen-bond donors (Lipinski definition) is 1. The van der Waals surface area contributed by atoms with Crippen LogP contribution in [0.5, 0.6) is 5.75 Å². The first-order chi connectivity index (χ1) is 16.5. The molecule has 1 N–H and O–H groups in total. The molecule has 1 aliphatic rings. The number of carbonyl (C=O) groups is 1. The number of para-hydroxylation sites is 1. The molecule has 0 fully saturated rings. The highest BCUT2D eigenvalue weighted by atomic mass is 35.5. The average Bonchev–Trinajstić information content (AvgIpc) is 3.28. The number of anilines is 2. The summed E-state index contributed by atoms with van der Waals surface area (Å²) in [5, 5.41) is 4.45. The molecule has 170 valence electrons. The molecule has 0 unspecified atom stereocenters. The number of benzene rings is 3. The SMILES string of the molecule is O=C(/C=C/c1ccc(COc2c(Cl)cc(Cl)cc2Cl)o1)c1ccc2c(c1)Nc1ccccc1S2. The molecule has 5 rings (SSSR count). The van der Waals surface area contributed by atoms with Gasteiger partial charge in [-0.25, -0.2) is 0 Å². The summed E-state index contributed by atoms with van der Waals surface area (Å²) in [4.78, 5) is 15.0. The van der Waals surface area contributed by atoms with E-state index >= 15 is 0 Å². The van der Waals surface area contributed by atoms with Gasteiger partial charge in [0.2, 0.25) is 0 Å². The van der Waals surface area contributed by atoms with E-state index in [9.17, 15) is 4.79 Å². The average molecular weight is 529 g/mol. The first kappa shape index (κ1) is 22.9. The zero-order valence-electron chi connectivity index (χ0n) is 17.5. The first-order valence-electron chi connectivity index (χ1n) is 10.2. The summed E-state index contributed by atoms with van der Waals surface area (Å²) in [6.07, 6.45) is 3.12. The fraction of sp³-hybridized carbons (Fsp3) is 0.0385. The van der Waals surface area contributed by atoms with Gasteiger partial charge in [0.05, 0.1) is 21.4 Å². The Labute approximate surface area is 215 Å². The van der Waals surface area contributed by atoms with Gasteiger partial charge in [0.1, 0.15) is 18.1 Å². The lowest BCUT2D eigenvalue weighted by atomic mass is 10.1. The van der Waals surface area contributed by atoms with E-state index in [-0.39, 0.29) is 12.4 Å². The Morgan fingerprint density at radius 3 is 2.53 bits per heavy atom. The van der Waals surface area contributed by atoms with Crippen LogP contribution in [0.2, 0.25) is 15.1 Å². The number of halogens is 3. The van der Waals surface area contributed by atoms with Crippen molar-refractivity contribution in [2.45, 2.75) is 16.4 Å². The van der Waals surface area contributed by atoms with E-state index in [1.165, 1.54) is 6.08 Å². The van der Waals surface area contributed by atoms with Crippen molar-refractivity contribution < 1.29 is 13.9 Å². The fourth-order valence-electron chi connectivity index (χ4n) is 3.42. The van der Waals surface area contributed by atoms with E-state index in [4.69, 9.17) is 44.0 Å². The van der Waals surface area contributed by atoms with E-state index < -0.39 is 0 Å². The molecule has 0 radical (unpaired) electrons. The predicted octanol–water partition coefficient (Wildman–Crippen LogP) is 8.92. The van der Waals surface area contributed by atoms with Gasteiger partial charge in [-0.15, -0.1) is 0 Å². The molecule has 4 aromatic rings. The van der Waals surface area contributed by atoms with Gasteiger partial charge in [-0.05, 0) is 66.7 Å². The standard InChI is InChI=1S/C26H16Cl3NO3S/c27-16-12-19(28)26(20(29)13-16)32-14-18-7-6-17(33-18)8-9-23(31)15-5-10-25-22(11-15)30-21-3-1-2-4-24(21)34-25/h1-13,30H,14H2/b9-8+. The highest BCUT2D eigenvalue weighted by Gasteiger charge is 2.16. The molecular weight excluding hydrogens is 513 g/mol. The van der Waals surface area contributed by atoms with Crippen molar-refractivity contribution in [3.63, 3.8) is 0 Å². The van der Waals surface area contributed by atoms with E-state index in [0.717, 1.165) is 21.2 Å². The minimum atomic E-state index is -0.123. The maximum atomic E-state index is 12.7. The van der Waals surface area contributed by atoms with Gasteiger partial charge in [-0.3, -0.25) is 4.79 Å². The number of allylic oxidation sites excluding steroid dienone is 1. The van der Waals surface area contributed by atoms with Crippen molar-refractivity contribution in [2.24, 2.45) is 0 Å². The molecule has 0 bridgehead atoms. The van der Waals surface area contributed by atoms with Crippen LogP contribution in [0.15, 0.2) is 87.0 Å². The number of nitrogens with one attached hydrogen (secondary N) is 1. The van der Waals surface area contributed by atoms with E-state index in [2.05, 4.69) is 11.4 Å². The van der Waals surface area contributed by atoms with E-state index in [1.807, 2.05) is 36.4 Å². The summed E-state index contributed by atoms with van der Waals surface area (Å²) in [6.45, 7) is 0.124. The number of ketones is 1. The Hall–Kier alpha value is -2.83. The van der Waals surface area contributed by atoms with Crippen LogP contribution in [0.4, 0.5) is 11.4 Å². The van der Waals surface area contributed by atoms with Crippen LogP contribution in [0.25, 0.3) is 6.08 Å². The molecule has 1 aromatic heterocycles. The Morgan fingerprint density at radius 1 is 0.941 bits per heavy atom. The molecule has 8 heteroatoms. The Kier molecular flexibility index (Phi) is 6.61. The molecule has 0 spiro atoms. The number of ether oxygens (including phenoxy) is 1. The van der Waals surface area contributed by atoms with Crippen molar-refractivity contribution >= 4 is 69.8 Å². The number of rotatable bonds is 6. The van der Waals surface area contributed by atoms with Gasteiger partial charge >= 0.3 is 0 Å². The van der Waals surface area contributed by atoms with Crippen LogP contribution in [0.1, 0.15) is 21.9 Å². The maximum absolute atomic E-state index is 12.7. The Bertz CT molecular complexity index is 1410. The monoisotopic (exact) mass is 527 g/mol. The zero-order chi connectivity index (χ0) is 23.7. The summed E-state index contributed by atoms with van der Waals surface area (Å²) in [6, 6.07) is 20.4. The van der Waals surface area contributed by atoms with Gasteiger partial charge in [0.25, 0.3) is 0 Å². The molecule has 0 amide bonds. The molecule has 0 atom stereocenters. The van der Waals surface area contributed by atoms with Gasteiger partial charge in [0.15, 0.2) is 11.5 Å². The van der Waals surface area contributed by atoms with E-state index in [1.54, 1.807) is 42.1 Å². The number of carbonyl (C=O) groups excluding carboxylic acids is 1. The summed E-state index contributed by atoms with van der Waals surface area (Å²) in [5.74, 6) is 1.30. The van der Waals surface area contributed by atoms with Gasteiger partial charge in [0, 0.05) is 20.4 Å². The van der Waals surface area contributed by atoms with Gasteiger partial charge < -0.3 is 14.5 Å². The molecule has 1 aliphatic heterocycles. The minimum Gasteiger partial charge on any atom is -0.483 e. The largest absolute Gasteiger partial charge is 0.483 e. The zero-order valence-corrected chi connectivity index (χ0v) is 20.6. The van der Waals surface area contributed by atoms with Crippen molar-refractivity contribution in [3.05, 3.63) is 105 Å². The summed E-state index contributed by atoms with van der Waals surface area (Å²) >= 11 is 19.9. The van der Waals surface area contributed by atoms with Crippen LogP contribution in [-0.4, -0.2) is 5.78 Å². The number of fused-ring (bicyclic) bond motifs is 2. The lowest BCUT2D eigenvalue weighted by Gasteiger charge is -2.20. The second-order valence-electron chi connectivity index (χ2n) is 7.42. The minimum absolute atomic E-state index is 0.123. The molecular formula is C26H16Cl3NO3S.